The third-order valence-corrected chi connectivity index (χ3v) is 2.44. The van der Waals surface area contributed by atoms with E-state index in [-0.39, 0.29) is 15.9 Å². The number of alkyl halides is 3. The first-order chi connectivity index (χ1) is 9.23. The average Bonchev–Trinajstić information content (AvgIpc) is 2.31. The summed E-state index contributed by atoms with van der Waals surface area (Å²) < 4.78 is 40.0. The SMILES string of the molecule is N#C/C(=N\Nc1ccc(OC(F)(F)F)c(Br)c1)C(=N)N. The molecule has 0 saturated carbocycles. The monoisotopic (exact) mass is 349 g/mol. The number of rotatable bonds is 4. The van der Waals surface area contributed by atoms with Crippen molar-refractivity contribution in [3.05, 3.63) is 22.7 Å². The minimum Gasteiger partial charge on any atom is -0.405 e. The molecule has 0 radical (unpaired) electrons. The summed E-state index contributed by atoms with van der Waals surface area (Å²) in [5.74, 6) is -0.949. The summed E-state index contributed by atoms with van der Waals surface area (Å²) in [6.45, 7) is 0. The molecule has 4 N–H and O–H groups in total. The second-order valence-electron chi connectivity index (χ2n) is 3.29. The summed E-state index contributed by atoms with van der Waals surface area (Å²) in [6, 6.07) is 5.16. The fourth-order valence-electron chi connectivity index (χ4n) is 1.04. The molecule has 0 aliphatic carbocycles. The highest BCUT2D eigenvalue weighted by Crippen LogP contribution is 2.32. The highest BCUT2D eigenvalue weighted by atomic mass is 79.9. The topological polar surface area (TPSA) is 107 Å². The summed E-state index contributed by atoms with van der Waals surface area (Å²) in [5, 5.41) is 19.2. The largest absolute Gasteiger partial charge is 0.573 e. The van der Waals surface area contributed by atoms with Crippen LogP contribution in [-0.2, 0) is 0 Å². The molecule has 1 aromatic rings. The molecule has 106 valence electrons. The zero-order valence-corrected chi connectivity index (χ0v) is 11.2. The van der Waals surface area contributed by atoms with Crippen LogP contribution in [0, 0.1) is 16.7 Å². The van der Waals surface area contributed by atoms with Crippen molar-refractivity contribution in [2.45, 2.75) is 6.36 Å². The molecule has 0 atom stereocenters. The highest BCUT2D eigenvalue weighted by molar-refractivity contribution is 9.10. The van der Waals surface area contributed by atoms with E-state index >= 15 is 0 Å². The van der Waals surface area contributed by atoms with Crippen LogP contribution in [0.5, 0.6) is 5.75 Å². The van der Waals surface area contributed by atoms with E-state index in [0.29, 0.717) is 0 Å². The molecule has 10 heteroatoms. The third kappa shape index (κ3) is 4.77. The Bertz CT molecular complexity index is 594. The molecule has 1 aromatic carbocycles. The van der Waals surface area contributed by atoms with Gasteiger partial charge in [0.1, 0.15) is 11.8 Å². The Balaban J connectivity index is 2.89. The number of halogens is 4. The Morgan fingerprint density at radius 2 is 2.15 bits per heavy atom. The van der Waals surface area contributed by atoms with Gasteiger partial charge in [0.05, 0.1) is 10.2 Å². The summed E-state index contributed by atoms with van der Waals surface area (Å²) in [7, 11) is 0. The number of hydrazone groups is 1. The molecular weight excluding hydrogens is 343 g/mol. The Kier molecular flexibility index (Phi) is 4.93. The van der Waals surface area contributed by atoms with Crippen LogP contribution in [0.25, 0.3) is 0 Å². The molecule has 0 aliphatic rings. The van der Waals surface area contributed by atoms with Gasteiger partial charge in [-0.1, -0.05) is 0 Å². The smallest absolute Gasteiger partial charge is 0.405 e. The lowest BCUT2D eigenvalue weighted by Crippen LogP contribution is -2.21. The lowest BCUT2D eigenvalue weighted by Gasteiger charge is -2.11. The molecule has 20 heavy (non-hydrogen) atoms. The highest BCUT2D eigenvalue weighted by Gasteiger charge is 2.31. The van der Waals surface area contributed by atoms with Crippen molar-refractivity contribution < 1.29 is 17.9 Å². The summed E-state index contributed by atoms with van der Waals surface area (Å²) in [5.41, 5.74) is 7.38. The summed E-state index contributed by atoms with van der Waals surface area (Å²) in [4.78, 5) is 0. The molecule has 0 amide bonds. The number of hydrogen-bond acceptors (Lipinski definition) is 5. The number of benzene rings is 1. The molecule has 0 saturated heterocycles. The van der Waals surface area contributed by atoms with Crippen molar-refractivity contribution >= 4 is 33.2 Å². The zero-order valence-electron chi connectivity index (χ0n) is 9.62. The first kappa shape index (κ1) is 15.8. The van der Waals surface area contributed by atoms with Crippen LogP contribution >= 0.6 is 15.9 Å². The second-order valence-corrected chi connectivity index (χ2v) is 4.15. The van der Waals surface area contributed by atoms with Gasteiger partial charge in [-0.2, -0.15) is 10.4 Å². The van der Waals surface area contributed by atoms with E-state index in [9.17, 15) is 13.2 Å². The van der Waals surface area contributed by atoms with Crippen LogP contribution in [0.4, 0.5) is 18.9 Å². The molecule has 0 spiro atoms. The van der Waals surface area contributed by atoms with Gasteiger partial charge < -0.3 is 10.5 Å². The van der Waals surface area contributed by atoms with Crippen molar-refractivity contribution in [3.8, 4) is 11.8 Å². The van der Waals surface area contributed by atoms with Gasteiger partial charge >= 0.3 is 6.36 Å². The van der Waals surface area contributed by atoms with Crippen molar-refractivity contribution in [2.24, 2.45) is 10.8 Å². The van der Waals surface area contributed by atoms with Gasteiger partial charge in [0.2, 0.25) is 5.71 Å². The van der Waals surface area contributed by atoms with E-state index in [1.807, 2.05) is 0 Å². The Labute approximate surface area is 119 Å². The number of anilines is 1. The van der Waals surface area contributed by atoms with Crippen LogP contribution in [0.2, 0.25) is 0 Å². The fourth-order valence-corrected chi connectivity index (χ4v) is 1.50. The molecular formula is C10H7BrF3N5O. The third-order valence-electron chi connectivity index (χ3n) is 1.82. The lowest BCUT2D eigenvalue weighted by atomic mass is 10.3. The molecule has 0 fully saturated rings. The van der Waals surface area contributed by atoms with Crippen LogP contribution in [0.3, 0.4) is 0 Å². The van der Waals surface area contributed by atoms with Crippen molar-refractivity contribution in [1.82, 2.24) is 0 Å². The van der Waals surface area contributed by atoms with Crippen LogP contribution < -0.4 is 15.9 Å². The minimum absolute atomic E-state index is 0.0383. The first-order valence-electron chi connectivity index (χ1n) is 4.86. The molecule has 0 unspecified atom stereocenters. The molecule has 0 heterocycles. The standard InChI is InChI=1S/C10H7BrF3N5O/c11-6-3-5(18-19-7(4-15)9(16)17)1-2-8(6)20-10(12,13)14/h1-3,18H,(H3,16,17)/b19-7+. The first-order valence-corrected chi connectivity index (χ1v) is 5.65. The summed E-state index contributed by atoms with van der Waals surface area (Å²) in [6.07, 6.45) is -4.79. The van der Waals surface area contributed by atoms with Crippen LogP contribution in [0.1, 0.15) is 0 Å². The molecule has 1 rings (SSSR count). The summed E-state index contributed by atoms with van der Waals surface area (Å²) >= 11 is 2.91. The van der Waals surface area contributed by atoms with Gasteiger partial charge in [-0.3, -0.25) is 10.8 Å². The second kappa shape index (κ2) is 6.25. The Morgan fingerprint density at radius 1 is 1.50 bits per heavy atom. The van der Waals surface area contributed by atoms with Crippen LogP contribution in [-0.4, -0.2) is 17.9 Å². The van der Waals surface area contributed by atoms with Crippen molar-refractivity contribution in [1.29, 1.82) is 10.7 Å². The zero-order chi connectivity index (χ0) is 15.3. The molecule has 0 bridgehead atoms. The van der Waals surface area contributed by atoms with Gasteiger partial charge in [-0.15, -0.1) is 13.2 Å². The minimum atomic E-state index is -4.79. The number of hydrogen-bond donors (Lipinski definition) is 3. The van der Waals surface area contributed by atoms with Gasteiger partial charge in [0.15, 0.2) is 5.84 Å². The van der Waals surface area contributed by atoms with Gasteiger partial charge in [0, 0.05) is 0 Å². The normalized spacial score (nSPS) is 11.7. The maximum absolute atomic E-state index is 12.1. The predicted octanol–water partition coefficient (Wildman–Crippen LogP) is 2.58. The maximum Gasteiger partial charge on any atom is 0.573 e. The average molecular weight is 350 g/mol. The Morgan fingerprint density at radius 3 is 2.60 bits per heavy atom. The molecule has 0 aliphatic heterocycles. The van der Waals surface area contributed by atoms with Crippen molar-refractivity contribution in [2.75, 3.05) is 5.43 Å². The van der Waals surface area contributed by atoms with Gasteiger partial charge in [-0.05, 0) is 34.1 Å². The van der Waals surface area contributed by atoms with E-state index in [2.05, 4.69) is 31.2 Å². The van der Waals surface area contributed by atoms with Gasteiger partial charge in [0.25, 0.3) is 0 Å². The van der Waals surface area contributed by atoms with Gasteiger partial charge in [-0.25, -0.2) is 0 Å². The van der Waals surface area contributed by atoms with E-state index in [0.717, 1.165) is 6.07 Å². The predicted molar refractivity (Wildman–Crippen MR) is 69.4 cm³/mol. The van der Waals surface area contributed by atoms with E-state index in [1.165, 1.54) is 12.1 Å². The van der Waals surface area contributed by atoms with E-state index in [1.54, 1.807) is 6.07 Å². The van der Waals surface area contributed by atoms with Crippen LogP contribution in [0.15, 0.2) is 27.8 Å². The number of amidine groups is 1. The van der Waals surface area contributed by atoms with E-state index < -0.39 is 17.9 Å². The number of nitriles is 1. The molecule has 0 aromatic heterocycles. The molecule has 6 nitrogen and oxygen atoms in total. The number of nitrogens with two attached hydrogens (primary N) is 1. The Hall–Kier alpha value is -2.28. The maximum atomic E-state index is 12.1. The quantitative estimate of drug-likeness (QED) is 0.441. The lowest BCUT2D eigenvalue weighted by molar-refractivity contribution is -0.274. The number of ether oxygens (including phenoxy) is 1. The fraction of sp³-hybridized carbons (Fsp3) is 0.100. The van der Waals surface area contributed by atoms with E-state index in [4.69, 9.17) is 16.4 Å². The number of nitrogens with one attached hydrogen (secondary N) is 2. The number of nitrogens with zero attached hydrogens (tertiary/aromatic N) is 2. The van der Waals surface area contributed by atoms with Crippen molar-refractivity contribution in [3.63, 3.8) is 0 Å².